The Morgan fingerprint density at radius 3 is 2.21 bits per heavy atom. The van der Waals surface area contributed by atoms with Gasteiger partial charge in [-0.1, -0.05) is 36.0 Å². The van der Waals surface area contributed by atoms with E-state index in [1.807, 2.05) is 32.0 Å². The Bertz CT molecular complexity index is 1660. The number of rotatable bonds is 9. The summed E-state index contributed by atoms with van der Waals surface area (Å²) in [6.07, 6.45) is 1.49. The summed E-state index contributed by atoms with van der Waals surface area (Å²) >= 11 is 1.13. The van der Waals surface area contributed by atoms with Gasteiger partial charge in [0.15, 0.2) is 0 Å². The Hall–Kier alpha value is -4.28. The Morgan fingerprint density at radius 1 is 0.821 bits per heavy atom. The largest absolute Gasteiger partial charge is 0.467 e. The van der Waals surface area contributed by atoms with Crippen LogP contribution in [-0.2, 0) is 26.2 Å². The van der Waals surface area contributed by atoms with Crippen molar-refractivity contribution < 1.29 is 22.4 Å². The molecule has 4 aromatic rings. The Morgan fingerprint density at radius 2 is 1.54 bits per heavy atom. The highest BCUT2D eigenvalue weighted by Crippen LogP contribution is 2.37. The first-order valence-corrected chi connectivity index (χ1v) is 14.3. The summed E-state index contributed by atoms with van der Waals surface area (Å²) in [5.74, 6) is -0.408. The molecule has 0 fully saturated rings. The SMILES string of the molecule is Cc1ccc(NC2=C(Sc3ccc(NS(=O)(=O)c4ccccc4)cc3)C(=O)N(Cc3ccco3)C2=O)cc1C. The molecule has 5 rings (SSSR count). The molecule has 198 valence electrons. The van der Waals surface area contributed by atoms with E-state index in [1.54, 1.807) is 54.6 Å². The van der Waals surface area contributed by atoms with E-state index in [2.05, 4.69) is 10.0 Å². The molecule has 1 aliphatic rings. The number of hydrogen-bond acceptors (Lipinski definition) is 7. The molecule has 0 atom stereocenters. The number of thioether (sulfide) groups is 1. The lowest BCUT2D eigenvalue weighted by Gasteiger charge is -2.14. The molecule has 2 heterocycles. The van der Waals surface area contributed by atoms with Crippen molar-refractivity contribution in [3.8, 4) is 0 Å². The monoisotopic (exact) mass is 559 g/mol. The summed E-state index contributed by atoms with van der Waals surface area (Å²) in [6, 6.07) is 23.8. The number of nitrogens with one attached hydrogen (secondary N) is 2. The van der Waals surface area contributed by atoms with Crippen LogP contribution in [0.4, 0.5) is 11.4 Å². The summed E-state index contributed by atoms with van der Waals surface area (Å²) in [6.45, 7) is 3.98. The molecule has 1 aliphatic heterocycles. The molecule has 0 unspecified atom stereocenters. The number of benzene rings is 3. The predicted octanol–water partition coefficient (Wildman–Crippen LogP) is 5.68. The maximum Gasteiger partial charge on any atom is 0.278 e. The van der Waals surface area contributed by atoms with Crippen LogP contribution in [0.25, 0.3) is 0 Å². The van der Waals surface area contributed by atoms with Gasteiger partial charge in [-0.15, -0.1) is 0 Å². The first-order chi connectivity index (χ1) is 18.7. The van der Waals surface area contributed by atoms with E-state index in [0.29, 0.717) is 22.0 Å². The fourth-order valence-corrected chi connectivity index (χ4v) is 5.97. The highest BCUT2D eigenvalue weighted by Gasteiger charge is 2.39. The van der Waals surface area contributed by atoms with Gasteiger partial charge in [0.05, 0.1) is 17.7 Å². The molecule has 0 saturated carbocycles. The van der Waals surface area contributed by atoms with Gasteiger partial charge in [-0.2, -0.15) is 0 Å². The maximum absolute atomic E-state index is 13.4. The molecular weight excluding hydrogens is 534 g/mol. The molecule has 10 heteroatoms. The molecule has 39 heavy (non-hydrogen) atoms. The minimum absolute atomic E-state index is 0.00698. The van der Waals surface area contributed by atoms with Crippen LogP contribution < -0.4 is 10.0 Å². The Kier molecular flexibility index (Phi) is 7.32. The fraction of sp³-hybridized carbons (Fsp3) is 0.103. The topological polar surface area (TPSA) is 109 Å². The van der Waals surface area contributed by atoms with Gasteiger partial charge in [0.2, 0.25) is 0 Å². The molecule has 3 aromatic carbocycles. The Labute approximate surface area is 230 Å². The van der Waals surface area contributed by atoms with Gasteiger partial charge in [-0.3, -0.25) is 19.2 Å². The van der Waals surface area contributed by atoms with Crippen LogP contribution in [0.1, 0.15) is 16.9 Å². The molecule has 0 saturated heterocycles. The van der Waals surface area contributed by atoms with E-state index in [0.717, 1.165) is 27.8 Å². The molecular formula is C29H25N3O5S2. The smallest absolute Gasteiger partial charge is 0.278 e. The summed E-state index contributed by atoms with van der Waals surface area (Å²) in [5.41, 5.74) is 3.40. The average Bonchev–Trinajstić information content (AvgIpc) is 3.51. The molecule has 0 aliphatic carbocycles. The van der Waals surface area contributed by atoms with E-state index in [-0.39, 0.29) is 22.0 Å². The van der Waals surface area contributed by atoms with Crippen molar-refractivity contribution in [2.45, 2.75) is 30.2 Å². The molecule has 0 radical (unpaired) electrons. The van der Waals surface area contributed by atoms with Crippen molar-refractivity contribution in [2.75, 3.05) is 10.0 Å². The minimum Gasteiger partial charge on any atom is -0.467 e. The second kappa shape index (κ2) is 10.8. The number of carbonyl (C=O) groups excluding carboxylic acids is 2. The highest BCUT2D eigenvalue weighted by atomic mass is 32.2. The van der Waals surface area contributed by atoms with Crippen molar-refractivity contribution in [3.63, 3.8) is 0 Å². The highest BCUT2D eigenvalue weighted by molar-refractivity contribution is 8.04. The zero-order valence-electron chi connectivity index (χ0n) is 21.2. The Balaban J connectivity index is 1.41. The van der Waals surface area contributed by atoms with Crippen molar-refractivity contribution in [2.24, 2.45) is 0 Å². The lowest BCUT2D eigenvalue weighted by molar-refractivity contribution is -0.138. The first kappa shape index (κ1) is 26.3. The van der Waals surface area contributed by atoms with E-state index in [9.17, 15) is 18.0 Å². The molecule has 2 amide bonds. The number of carbonyl (C=O) groups is 2. The van der Waals surface area contributed by atoms with Gasteiger partial charge in [0, 0.05) is 16.3 Å². The van der Waals surface area contributed by atoms with Crippen LogP contribution in [-0.4, -0.2) is 25.1 Å². The third-order valence-corrected chi connectivity index (χ3v) is 8.66. The molecule has 0 bridgehead atoms. The van der Waals surface area contributed by atoms with Crippen molar-refractivity contribution in [3.05, 3.63) is 119 Å². The van der Waals surface area contributed by atoms with Gasteiger partial charge in [-0.25, -0.2) is 8.42 Å². The number of aryl methyl sites for hydroxylation is 2. The van der Waals surface area contributed by atoms with Crippen LogP contribution in [0.2, 0.25) is 0 Å². The molecule has 8 nitrogen and oxygen atoms in total. The van der Waals surface area contributed by atoms with Gasteiger partial charge >= 0.3 is 0 Å². The van der Waals surface area contributed by atoms with Crippen molar-refractivity contribution >= 4 is 45.0 Å². The standard InChI is InChI=1S/C29H25N3O5S2/c1-19-10-11-22(17-20(19)2)30-26-27(29(34)32(28(26)33)18-23-7-6-16-37-23)38-24-14-12-21(13-15-24)31-39(35,36)25-8-4-3-5-9-25/h3-17,30-31H,18H2,1-2H3. The summed E-state index contributed by atoms with van der Waals surface area (Å²) in [5, 5.41) is 3.15. The second-order valence-electron chi connectivity index (χ2n) is 8.95. The van der Waals surface area contributed by atoms with Crippen molar-refractivity contribution in [1.29, 1.82) is 0 Å². The lowest BCUT2D eigenvalue weighted by Crippen LogP contribution is -2.31. The second-order valence-corrected chi connectivity index (χ2v) is 11.7. The molecule has 1 aromatic heterocycles. The van der Waals surface area contributed by atoms with E-state index in [1.165, 1.54) is 18.4 Å². The number of amides is 2. The number of sulfonamides is 1. The number of anilines is 2. The number of furan rings is 1. The van der Waals surface area contributed by atoms with E-state index in [4.69, 9.17) is 4.42 Å². The fourth-order valence-electron chi connectivity index (χ4n) is 3.95. The van der Waals surface area contributed by atoms with Crippen LogP contribution in [0, 0.1) is 13.8 Å². The van der Waals surface area contributed by atoms with E-state index >= 15 is 0 Å². The molecule has 0 spiro atoms. The first-order valence-electron chi connectivity index (χ1n) is 12.0. The quantitative estimate of drug-likeness (QED) is 0.254. The number of imide groups is 1. The number of nitrogens with zero attached hydrogens (tertiary/aromatic N) is 1. The predicted molar refractivity (Wildman–Crippen MR) is 150 cm³/mol. The summed E-state index contributed by atoms with van der Waals surface area (Å²) in [4.78, 5) is 29.0. The maximum atomic E-state index is 13.4. The molecule has 2 N–H and O–H groups in total. The average molecular weight is 560 g/mol. The van der Waals surface area contributed by atoms with Gasteiger partial charge in [-0.05, 0) is 85.6 Å². The van der Waals surface area contributed by atoms with Gasteiger partial charge in [0.25, 0.3) is 21.8 Å². The summed E-state index contributed by atoms with van der Waals surface area (Å²) in [7, 11) is -3.74. The van der Waals surface area contributed by atoms with Crippen molar-refractivity contribution in [1.82, 2.24) is 4.90 Å². The normalized spacial score (nSPS) is 13.7. The lowest BCUT2D eigenvalue weighted by atomic mass is 10.1. The third-order valence-electron chi connectivity index (χ3n) is 6.18. The van der Waals surface area contributed by atoms with Crippen LogP contribution in [0.15, 0.2) is 116 Å². The van der Waals surface area contributed by atoms with Gasteiger partial charge in [0.1, 0.15) is 16.4 Å². The summed E-state index contributed by atoms with van der Waals surface area (Å²) < 4.78 is 33.2. The van der Waals surface area contributed by atoms with E-state index < -0.39 is 21.8 Å². The van der Waals surface area contributed by atoms with Gasteiger partial charge < -0.3 is 9.73 Å². The number of hydrogen-bond donors (Lipinski definition) is 2. The third kappa shape index (κ3) is 5.76. The zero-order valence-corrected chi connectivity index (χ0v) is 22.8. The van der Waals surface area contributed by atoms with Crippen LogP contribution in [0.5, 0.6) is 0 Å². The van der Waals surface area contributed by atoms with Crippen LogP contribution >= 0.6 is 11.8 Å². The zero-order chi connectivity index (χ0) is 27.6. The minimum atomic E-state index is -3.74. The van der Waals surface area contributed by atoms with Crippen LogP contribution in [0.3, 0.4) is 0 Å².